The minimum absolute atomic E-state index is 0.257. The van der Waals surface area contributed by atoms with Gasteiger partial charge in [0.2, 0.25) is 0 Å². The first-order valence-corrected chi connectivity index (χ1v) is 4.67. The molecule has 1 aromatic carbocycles. The molecule has 1 aromatic rings. The van der Waals surface area contributed by atoms with Crippen molar-refractivity contribution in [2.45, 2.75) is 25.2 Å². The molecule has 0 spiro atoms. The van der Waals surface area contributed by atoms with Crippen molar-refractivity contribution < 1.29 is 22.4 Å². The quantitative estimate of drug-likeness (QED) is 0.562. The number of ketones is 1. The first-order chi connectivity index (χ1) is 7.43. The van der Waals surface area contributed by atoms with Crippen molar-refractivity contribution in [1.82, 2.24) is 0 Å². The van der Waals surface area contributed by atoms with Gasteiger partial charge in [-0.3, -0.25) is 4.79 Å². The van der Waals surface area contributed by atoms with Gasteiger partial charge in [-0.05, 0) is 0 Å². The minimum atomic E-state index is -4.09. The van der Waals surface area contributed by atoms with Crippen LogP contribution in [0.2, 0.25) is 0 Å². The van der Waals surface area contributed by atoms with Crippen LogP contribution in [0.1, 0.15) is 23.2 Å². The molecule has 0 atom stereocenters. The van der Waals surface area contributed by atoms with E-state index in [1.165, 1.54) is 12.1 Å². The molecule has 5 heteroatoms. The lowest BCUT2D eigenvalue weighted by Crippen LogP contribution is -2.27. The highest BCUT2D eigenvalue weighted by Crippen LogP contribution is 2.28. The van der Waals surface area contributed by atoms with Gasteiger partial charge < -0.3 is 0 Å². The smallest absolute Gasteiger partial charge is 0.294 e. The molecule has 0 N–H and O–H groups in total. The van der Waals surface area contributed by atoms with Crippen molar-refractivity contribution in [3.63, 3.8) is 0 Å². The van der Waals surface area contributed by atoms with Crippen LogP contribution in [0.15, 0.2) is 30.3 Å². The Morgan fingerprint density at radius 2 is 1.75 bits per heavy atom. The second-order valence-electron chi connectivity index (χ2n) is 3.35. The molecule has 0 radical (unpaired) electrons. The zero-order chi connectivity index (χ0) is 12.2. The monoisotopic (exact) mass is 234 g/mol. The van der Waals surface area contributed by atoms with Gasteiger partial charge in [-0.25, -0.2) is 17.6 Å². The van der Waals surface area contributed by atoms with E-state index in [0.29, 0.717) is 0 Å². The number of alkyl halides is 4. The van der Waals surface area contributed by atoms with Gasteiger partial charge in [0.15, 0.2) is 5.78 Å². The van der Waals surface area contributed by atoms with Crippen LogP contribution in [0.25, 0.3) is 0 Å². The predicted molar refractivity (Wildman–Crippen MR) is 51.0 cm³/mol. The third kappa shape index (κ3) is 3.32. The standard InChI is InChI=1S/C11H10F4O/c12-10(13)11(14,15)7-6-9(16)8-4-2-1-3-5-8/h1-5,10H,6-7H2. The number of hydrogen-bond donors (Lipinski definition) is 0. The van der Waals surface area contributed by atoms with Crippen LogP contribution in [0.4, 0.5) is 17.6 Å². The molecular formula is C11H10F4O. The van der Waals surface area contributed by atoms with E-state index >= 15 is 0 Å². The van der Waals surface area contributed by atoms with Gasteiger partial charge in [0.25, 0.3) is 0 Å². The van der Waals surface area contributed by atoms with E-state index in [9.17, 15) is 22.4 Å². The van der Waals surface area contributed by atoms with Gasteiger partial charge >= 0.3 is 12.3 Å². The molecule has 16 heavy (non-hydrogen) atoms. The molecule has 0 unspecified atom stereocenters. The second kappa shape index (κ2) is 5.09. The lowest BCUT2D eigenvalue weighted by molar-refractivity contribution is -0.132. The Balaban J connectivity index is 2.54. The van der Waals surface area contributed by atoms with Gasteiger partial charge in [0.1, 0.15) is 0 Å². The molecule has 0 heterocycles. The summed E-state index contributed by atoms with van der Waals surface area (Å²) in [5, 5.41) is 0. The van der Waals surface area contributed by atoms with Crippen LogP contribution in [0, 0.1) is 0 Å². The molecule has 1 nitrogen and oxygen atoms in total. The van der Waals surface area contributed by atoms with Crippen molar-refractivity contribution in [2.24, 2.45) is 0 Å². The lowest BCUT2D eigenvalue weighted by Gasteiger charge is -2.14. The molecule has 0 amide bonds. The maximum atomic E-state index is 12.5. The van der Waals surface area contributed by atoms with Gasteiger partial charge in [0, 0.05) is 18.4 Å². The molecular weight excluding hydrogens is 224 g/mol. The number of hydrogen-bond acceptors (Lipinski definition) is 1. The van der Waals surface area contributed by atoms with Gasteiger partial charge in [0.05, 0.1) is 0 Å². The summed E-state index contributed by atoms with van der Waals surface area (Å²) in [4.78, 5) is 11.3. The minimum Gasteiger partial charge on any atom is -0.294 e. The Morgan fingerprint density at radius 3 is 2.25 bits per heavy atom. The third-order valence-electron chi connectivity index (χ3n) is 2.10. The van der Waals surface area contributed by atoms with Crippen molar-refractivity contribution in [1.29, 1.82) is 0 Å². The van der Waals surface area contributed by atoms with Crippen molar-refractivity contribution >= 4 is 5.78 Å². The maximum absolute atomic E-state index is 12.5. The number of benzene rings is 1. The number of halogens is 4. The van der Waals surface area contributed by atoms with Crippen molar-refractivity contribution in [3.05, 3.63) is 35.9 Å². The summed E-state index contributed by atoms with van der Waals surface area (Å²) in [6.07, 6.45) is -5.43. The zero-order valence-electron chi connectivity index (χ0n) is 8.30. The Hall–Kier alpha value is -1.39. The molecule has 0 aliphatic rings. The molecule has 88 valence electrons. The topological polar surface area (TPSA) is 17.1 Å². The van der Waals surface area contributed by atoms with E-state index in [-0.39, 0.29) is 5.56 Å². The summed E-state index contributed by atoms with van der Waals surface area (Å²) in [7, 11) is 0. The number of carbonyl (C=O) groups excluding carboxylic acids is 1. The molecule has 0 bridgehead atoms. The van der Waals surface area contributed by atoms with Gasteiger partial charge in [-0.1, -0.05) is 30.3 Å². The van der Waals surface area contributed by atoms with Gasteiger partial charge in [-0.2, -0.15) is 0 Å². The molecule has 1 rings (SSSR count). The van der Waals surface area contributed by atoms with Crippen LogP contribution in [-0.2, 0) is 0 Å². The number of carbonyl (C=O) groups is 1. The van der Waals surface area contributed by atoms with E-state index in [0.717, 1.165) is 0 Å². The summed E-state index contributed by atoms with van der Waals surface area (Å²) in [6, 6.07) is 7.76. The lowest BCUT2D eigenvalue weighted by atomic mass is 10.0. The van der Waals surface area contributed by atoms with Crippen molar-refractivity contribution in [3.8, 4) is 0 Å². The summed E-state index contributed by atoms with van der Waals surface area (Å²) in [5.74, 6) is -4.65. The number of Topliss-reactive ketones (excluding diaryl/α,β-unsaturated/α-hetero) is 1. The average molecular weight is 234 g/mol. The molecule has 0 saturated carbocycles. The van der Waals surface area contributed by atoms with Crippen LogP contribution < -0.4 is 0 Å². The average Bonchev–Trinajstić information content (AvgIpc) is 2.27. The fraction of sp³-hybridized carbons (Fsp3) is 0.364. The zero-order valence-corrected chi connectivity index (χ0v) is 8.30. The largest absolute Gasteiger partial charge is 0.307 e. The summed E-state index contributed by atoms with van der Waals surface area (Å²) in [5.41, 5.74) is 0.257. The van der Waals surface area contributed by atoms with Crippen LogP contribution in [0.3, 0.4) is 0 Å². The van der Waals surface area contributed by atoms with E-state index in [1.54, 1.807) is 18.2 Å². The Morgan fingerprint density at radius 1 is 1.19 bits per heavy atom. The highest BCUT2D eigenvalue weighted by Gasteiger charge is 2.40. The maximum Gasteiger partial charge on any atom is 0.307 e. The van der Waals surface area contributed by atoms with Crippen LogP contribution >= 0.6 is 0 Å². The summed E-state index contributed by atoms with van der Waals surface area (Å²) < 4.78 is 48.6. The molecule has 0 aliphatic heterocycles. The SMILES string of the molecule is O=C(CCC(F)(F)C(F)F)c1ccccc1. The fourth-order valence-corrected chi connectivity index (χ4v) is 1.16. The Labute approximate surface area is 90.1 Å². The first-order valence-electron chi connectivity index (χ1n) is 4.67. The van der Waals surface area contributed by atoms with Gasteiger partial charge in [-0.15, -0.1) is 0 Å². The predicted octanol–water partition coefficient (Wildman–Crippen LogP) is 3.55. The van der Waals surface area contributed by atoms with Crippen molar-refractivity contribution in [2.75, 3.05) is 0 Å². The normalized spacial score (nSPS) is 11.8. The van der Waals surface area contributed by atoms with Crippen LogP contribution in [0.5, 0.6) is 0 Å². The highest BCUT2D eigenvalue weighted by molar-refractivity contribution is 5.95. The van der Waals surface area contributed by atoms with E-state index < -0.39 is 31.0 Å². The fourth-order valence-electron chi connectivity index (χ4n) is 1.16. The summed E-state index contributed by atoms with van der Waals surface area (Å²) >= 11 is 0. The second-order valence-corrected chi connectivity index (χ2v) is 3.35. The summed E-state index contributed by atoms with van der Waals surface area (Å²) in [6.45, 7) is 0. The molecule has 0 aliphatic carbocycles. The number of rotatable bonds is 5. The van der Waals surface area contributed by atoms with E-state index in [2.05, 4.69) is 0 Å². The highest BCUT2D eigenvalue weighted by atomic mass is 19.3. The Bertz CT molecular complexity index is 348. The van der Waals surface area contributed by atoms with Crippen LogP contribution in [-0.4, -0.2) is 18.1 Å². The third-order valence-corrected chi connectivity index (χ3v) is 2.10. The molecule has 0 saturated heterocycles. The van der Waals surface area contributed by atoms with E-state index in [1.807, 2.05) is 0 Å². The van der Waals surface area contributed by atoms with E-state index in [4.69, 9.17) is 0 Å². The molecule has 0 aromatic heterocycles. The molecule has 0 fully saturated rings. The first kappa shape index (κ1) is 12.7. The Kier molecular flexibility index (Phi) is 4.04.